The van der Waals surface area contributed by atoms with Gasteiger partial charge in [-0.15, -0.1) is 0 Å². The van der Waals surface area contributed by atoms with Gasteiger partial charge in [-0.2, -0.15) is 0 Å². The fourth-order valence-electron chi connectivity index (χ4n) is 2.83. The third kappa shape index (κ3) is 4.00. The molecule has 0 aromatic carbocycles. The molecule has 84 valence electrons. The highest BCUT2D eigenvalue weighted by atomic mass is 14.7. The number of rotatable bonds is 5. The normalized spacial score (nSPS) is 23.4. The Morgan fingerprint density at radius 1 is 1.21 bits per heavy atom. The van der Waals surface area contributed by atoms with Crippen LogP contribution in [0.4, 0.5) is 0 Å². The minimum atomic E-state index is 0.483. The molecule has 1 aliphatic rings. The van der Waals surface area contributed by atoms with Gasteiger partial charge in [0.2, 0.25) is 0 Å². The van der Waals surface area contributed by atoms with Crippen LogP contribution in [0.15, 0.2) is 0 Å². The molecule has 1 heteroatoms. The maximum absolute atomic E-state index is 6.28. The molecule has 2 unspecified atom stereocenters. The zero-order chi connectivity index (χ0) is 10.4. The van der Waals surface area contributed by atoms with Crippen LogP contribution < -0.4 is 5.73 Å². The molecule has 1 fully saturated rings. The summed E-state index contributed by atoms with van der Waals surface area (Å²) in [5, 5.41) is 0. The van der Waals surface area contributed by atoms with Crippen molar-refractivity contribution < 1.29 is 0 Å². The summed E-state index contributed by atoms with van der Waals surface area (Å²) in [6.45, 7) is 4.62. The van der Waals surface area contributed by atoms with Gasteiger partial charge in [-0.05, 0) is 31.1 Å². The summed E-state index contributed by atoms with van der Waals surface area (Å²) in [6, 6.07) is 0.483. The molecule has 2 N–H and O–H groups in total. The predicted molar refractivity (Wildman–Crippen MR) is 63.2 cm³/mol. The molecule has 0 aromatic rings. The van der Waals surface area contributed by atoms with Crippen LogP contribution in [0.1, 0.15) is 65.2 Å². The van der Waals surface area contributed by atoms with Gasteiger partial charge in [0.15, 0.2) is 0 Å². The molecule has 2 atom stereocenters. The smallest absolute Gasteiger partial charge is 0.00696 e. The minimum absolute atomic E-state index is 0.483. The molecule has 0 spiro atoms. The Labute approximate surface area is 89.5 Å². The lowest BCUT2D eigenvalue weighted by atomic mass is 9.80. The van der Waals surface area contributed by atoms with Crippen molar-refractivity contribution >= 4 is 0 Å². The molecule has 14 heavy (non-hydrogen) atoms. The minimum Gasteiger partial charge on any atom is -0.327 e. The van der Waals surface area contributed by atoms with Crippen LogP contribution in [-0.4, -0.2) is 6.04 Å². The summed E-state index contributed by atoms with van der Waals surface area (Å²) in [5.41, 5.74) is 6.28. The number of hydrogen-bond acceptors (Lipinski definition) is 1. The van der Waals surface area contributed by atoms with E-state index < -0.39 is 0 Å². The molecular weight excluding hydrogens is 170 g/mol. The van der Waals surface area contributed by atoms with Crippen molar-refractivity contribution in [1.82, 2.24) is 0 Å². The zero-order valence-electron chi connectivity index (χ0n) is 9.97. The molecule has 1 rings (SSSR count). The van der Waals surface area contributed by atoms with E-state index in [2.05, 4.69) is 13.8 Å². The van der Waals surface area contributed by atoms with E-state index in [0.717, 1.165) is 11.8 Å². The van der Waals surface area contributed by atoms with E-state index in [0.29, 0.717) is 6.04 Å². The Bertz CT molecular complexity index is 138. The van der Waals surface area contributed by atoms with E-state index in [-0.39, 0.29) is 0 Å². The first-order valence-electron chi connectivity index (χ1n) is 6.49. The van der Waals surface area contributed by atoms with Crippen LogP contribution in [0.25, 0.3) is 0 Å². The van der Waals surface area contributed by atoms with Gasteiger partial charge in [0.1, 0.15) is 0 Å². The predicted octanol–water partition coefficient (Wildman–Crippen LogP) is 3.72. The maximum Gasteiger partial charge on any atom is 0.00696 e. The Morgan fingerprint density at radius 3 is 2.43 bits per heavy atom. The lowest BCUT2D eigenvalue weighted by Gasteiger charge is -2.29. The average Bonchev–Trinajstić information content (AvgIpc) is 2.19. The van der Waals surface area contributed by atoms with Crippen LogP contribution in [-0.2, 0) is 0 Å². The summed E-state index contributed by atoms with van der Waals surface area (Å²) >= 11 is 0. The number of nitrogens with two attached hydrogens (primary N) is 1. The van der Waals surface area contributed by atoms with Crippen LogP contribution in [0, 0.1) is 11.8 Å². The standard InChI is InChI=1S/C13H27N/c1-3-7-11(2)10-13(14)12-8-5-4-6-9-12/h11-13H,3-10,14H2,1-2H3. The van der Waals surface area contributed by atoms with Gasteiger partial charge in [-0.1, -0.05) is 46.0 Å². The molecule has 0 bridgehead atoms. The summed E-state index contributed by atoms with van der Waals surface area (Å²) in [4.78, 5) is 0. The molecule has 0 heterocycles. The average molecular weight is 197 g/mol. The van der Waals surface area contributed by atoms with E-state index in [4.69, 9.17) is 5.73 Å². The number of hydrogen-bond donors (Lipinski definition) is 1. The molecule has 1 saturated carbocycles. The summed E-state index contributed by atoms with van der Waals surface area (Å²) < 4.78 is 0. The van der Waals surface area contributed by atoms with Crippen molar-refractivity contribution in [3.05, 3.63) is 0 Å². The van der Waals surface area contributed by atoms with Crippen molar-refractivity contribution in [2.75, 3.05) is 0 Å². The van der Waals surface area contributed by atoms with E-state index in [9.17, 15) is 0 Å². The highest BCUT2D eigenvalue weighted by Gasteiger charge is 2.21. The van der Waals surface area contributed by atoms with Crippen molar-refractivity contribution in [2.24, 2.45) is 17.6 Å². The largest absolute Gasteiger partial charge is 0.327 e. The zero-order valence-corrected chi connectivity index (χ0v) is 9.97. The van der Waals surface area contributed by atoms with E-state index in [1.54, 1.807) is 0 Å². The van der Waals surface area contributed by atoms with Crippen LogP contribution in [0.5, 0.6) is 0 Å². The maximum atomic E-state index is 6.28. The SMILES string of the molecule is CCCC(C)CC(N)C1CCCCC1. The van der Waals surface area contributed by atoms with Crippen molar-refractivity contribution in [3.63, 3.8) is 0 Å². The van der Waals surface area contributed by atoms with Gasteiger partial charge in [0, 0.05) is 6.04 Å². The molecule has 0 saturated heterocycles. The molecular formula is C13H27N. The van der Waals surface area contributed by atoms with Gasteiger partial charge in [0.25, 0.3) is 0 Å². The van der Waals surface area contributed by atoms with Crippen LogP contribution >= 0.6 is 0 Å². The highest BCUT2D eigenvalue weighted by molar-refractivity contribution is 4.77. The van der Waals surface area contributed by atoms with Gasteiger partial charge in [-0.25, -0.2) is 0 Å². The van der Waals surface area contributed by atoms with Gasteiger partial charge in [0.05, 0.1) is 0 Å². The van der Waals surface area contributed by atoms with E-state index in [1.807, 2.05) is 0 Å². The molecule has 0 amide bonds. The first-order chi connectivity index (χ1) is 6.74. The van der Waals surface area contributed by atoms with Crippen LogP contribution in [0.3, 0.4) is 0 Å². The van der Waals surface area contributed by atoms with Crippen molar-refractivity contribution in [3.8, 4) is 0 Å². The lowest BCUT2D eigenvalue weighted by Crippen LogP contribution is -2.33. The van der Waals surface area contributed by atoms with Crippen LogP contribution in [0.2, 0.25) is 0 Å². The molecule has 0 aromatic heterocycles. The first-order valence-corrected chi connectivity index (χ1v) is 6.49. The Morgan fingerprint density at radius 2 is 1.86 bits per heavy atom. The molecule has 0 aliphatic heterocycles. The molecule has 0 radical (unpaired) electrons. The highest BCUT2D eigenvalue weighted by Crippen LogP contribution is 2.28. The second-order valence-corrected chi connectivity index (χ2v) is 5.19. The molecule has 1 nitrogen and oxygen atoms in total. The Hall–Kier alpha value is -0.0400. The van der Waals surface area contributed by atoms with Gasteiger partial charge >= 0.3 is 0 Å². The third-order valence-corrected chi connectivity index (χ3v) is 3.71. The van der Waals surface area contributed by atoms with Crippen molar-refractivity contribution in [1.29, 1.82) is 0 Å². The fourth-order valence-corrected chi connectivity index (χ4v) is 2.83. The fraction of sp³-hybridized carbons (Fsp3) is 1.00. The van der Waals surface area contributed by atoms with Gasteiger partial charge < -0.3 is 5.73 Å². The third-order valence-electron chi connectivity index (χ3n) is 3.71. The Balaban J connectivity index is 2.21. The molecule has 1 aliphatic carbocycles. The summed E-state index contributed by atoms with van der Waals surface area (Å²) in [7, 11) is 0. The monoisotopic (exact) mass is 197 g/mol. The Kier molecular flexibility index (Phi) is 5.54. The quantitative estimate of drug-likeness (QED) is 0.714. The summed E-state index contributed by atoms with van der Waals surface area (Å²) in [6.07, 6.45) is 11.0. The van der Waals surface area contributed by atoms with Gasteiger partial charge in [-0.3, -0.25) is 0 Å². The summed E-state index contributed by atoms with van der Waals surface area (Å²) in [5.74, 6) is 1.67. The second-order valence-electron chi connectivity index (χ2n) is 5.19. The van der Waals surface area contributed by atoms with Crippen molar-refractivity contribution in [2.45, 2.75) is 71.3 Å². The second kappa shape index (κ2) is 6.44. The first kappa shape index (κ1) is 12.0. The van der Waals surface area contributed by atoms with E-state index >= 15 is 0 Å². The topological polar surface area (TPSA) is 26.0 Å². The lowest BCUT2D eigenvalue weighted by molar-refractivity contribution is 0.269. The van der Waals surface area contributed by atoms with E-state index in [1.165, 1.54) is 51.4 Å².